The molecule has 1 nitrogen and oxygen atoms in total. The van der Waals surface area contributed by atoms with Crippen LogP contribution in [-0.4, -0.2) is 33.5 Å². The number of nitrogens with zero attached hydrogens (tertiary/aromatic N) is 1. The van der Waals surface area contributed by atoms with Gasteiger partial charge in [0.1, 0.15) is 0 Å². The fourth-order valence-corrected chi connectivity index (χ4v) is 4.88. The lowest BCUT2D eigenvalue weighted by molar-refractivity contribution is 0.0820. The van der Waals surface area contributed by atoms with Gasteiger partial charge in [0.2, 0.25) is 0 Å². The summed E-state index contributed by atoms with van der Waals surface area (Å²) in [7, 11) is 2.30. The van der Waals surface area contributed by atoms with E-state index in [-0.39, 0.29) is 0 Å². The van der Waals surface area contributed by atoms with E-state index in [0.29, 0.717) is 16.3 Å². The third kappa shape index (κ3) is 3.89. The molecule has 1 fully saturated rings. The number of hydrogen-bond acceptors (Lipinski definition) is 2. The first-order chi connectivity index (χ1) is 7.55. The molecule has 1 rings (SSSR count). The third-order valence-corrected chi connectivity index (χ3v) is 6.17. The maximum absolute atomic E-state index is 2.59. The summed E-state index contributed by atoms with van der Waals surface area (Å²) in [5.41, 5.74) is 0.314. The average molecular weight is 257 g/mol. The Bertz CT molecular complexity index is 260. The summed E-state index contributed by atoms with van der Waals surface area (Å²) in [6.07, 6.45) is 2.56. The Morgan fingerprint density at radius 1 is 1.00 bits per heavy atom. The fraction of sp³-hybridized carbons (Fsp3) is 1.00. The lowest BCUT2D eigenvalue weighted by Gasteiger charge is -2.41. The van der Waals surface area contributed by atoms with E-state index < -0.39 is 0 Å². The van der Waals surface area contributed by atoms with Crippen LogP contribution >= 0.6 is 11.8 Å². The minimum atomic E-state index is 0.314. The van der Waals surface area contributed by atoms with Gasteiger partial charge in [-0.05, 0) is 46.6 Å². The van der Waals surface area contributed by atoms with Crippen LogP contribution in [0, 0.1) is 5.92 Å². The van der Waals surface area contributed by atoms with Crippen LogP contribution < -0.4 is 0 Å². The summed E-state index contributed by atoms with van der Waals surface area (Å²) < 4.78 is 0.391. The third-order valence-electron chi connectivity index (χ3n) is 4.53. The molecule has 1 saturated heterocycles. The van der Waals surface area contributed by atoms with Crippen LogP contribution in [0.2, 0.25) is 0 Å². The van der Waals surface area contributed by atoms with Crippen molar-refractivity contribution in [2.24, 2.45) is 5.92 Å². The highest BCUT2D eigenvalue weighted by atomic mass is 32.2. The molecule has 0 bridgehead atoms. The van der Waals surface area contributed by atoms with E-state index in [0.717, 1.165) is 11.2 Å². The van der Waals surface area contributed by atoms with Crippen molar-refractivity contribution in [1.29, 1.82) is 0 Å². The molecule has 1 aliphatic heterocycles. The second kappa shape index (κ2) is 5.13. The van der Waals surface area contributed by atoms with Crippen LogP contribution in [0.25, 0.3) is 0 Å². The minimum absolute atomic E-state index is 0.314. The van der Waals surface area contributed by atoms with Crippen LogP contribution in [-0.2, 0) is 0 Å². The molecule has 0 aliphatic carbocycles. The van der Waals surface area contributed by atoms with Crippen molar-refractivity contribution in [3.63, 3.8) is 0 Å². The molecule has 0 aromatic carbocycles. The molecule has 0 aromatic rings. The summed E-state index contributed by atoms with van der Waals surface area (Å²) in [4.78, 5) is 2.59. The van der Waals surface area contributed by atoms with Crippen molar-refractivity contribution in [3.05, 3.63) is 0 Å². The predicted molar refractivity (Wildman–Crippen MR) is 80.8 cm³/mol. The van der Waals surface area contributed by atoms with Crippen molar-refractivity contribution in [2.75, 3.05) is 7.05 Å². The van der Waals surface area contributed by atoms with Crippen LogP contribution in [0.15, 0.2) is 0 Å². The van der Waals surface area contributed by atoms with Gasteiger partial charge < -0.3 is 0 Å². The summed E-state index contributed by atoms with van der Waals surface area (Å²) in [6, 6.07) is 0.657. The molecular formula is C15H31NS. The van der Waals surface area contributed by atoms with E-state index in [1.165, 1.54) is 12.8 Å². The fourth-order valence-electron chi connectivity index (χ4n) is 3.21. The van der Waals surface area contributed by atoms with E-state index in [4.69, 9.17) is 0 Å². The highest BCUT2D eigenvalue weighted by Gasteiger charge is 2.37. The minimum Gasteiger partial charge on any atom is -0.299 e. The Kier molecular flexibility index (Phi) is 4.63. The molecule has 1 aliphatic rings. The maximum Gasteiger partial charge on any atom is 0.0155 e. The van der Waals surface area contributed by atoms with Gasteiger partial charge in [-0.1, -0.05) is 27.7 Å². The first-order valence-electron chi connectivity index (χ1n) is 6.96. The van der Waals surface area contributed by atoms with Crippen molar-refractivity contribution in [2.45, 2.75) is 82.9 Å². The Hall–Kier alpha value is 0.310. The van der Waals surface area contributed by atoms with Gasteiger partial charge in [-0.15, -0.1) is 0 Å². The molecule has 0 amide bonds. The molecule has 17 heavy (non-hydrogen) atoms. The summed E-state index contributed by atoms with van der Waals surface area (Å²) in [5.74, 6) is 0.780. The Morgan fingerprint density at radius 3 is 2.06 bits per heavy atom. The van der Waals surface area contributed by atoms with Gasteiger partial charge in [-0.2, -0.15) is 11.8 Å². The van der Waals surface area contributed by atoms with Crippen molar-refractivity contribution < 1.29 is 0 Å². The van der Waals surface area contributed by atoms with Crippen molar-refractivity contribution in [1.82, 2.24) is 4.90 Å². The molecule has 0 saturated carbocycles. The second-order valence-electron chi connectivity index (χ2n) is 7.24. The van der Waals surface area contributed by atoms with E-state index >= 15 is 0 Å². The predicted octanol–water partition coefficient (Wildman–Crippen LogP) is 4.42. The number of hydrogen-bond donors (Lipinski definition) is 0. The molecule has 102 valence electrons. The smallest absolute Gasteiger partial charge is 0.0155 e. The zero-order valence-electron chi connectivity index (χ0n) is 13.0. The Balaban J connectivity index is 2.98. The second-order valence-corrected chi connectivity index (χ2v) is 9.32. The number of thioether (sulfide) groups is 1. The maximum atomic E-state index is 2.59. The molecule has 0 spiro atoms. The average Bonchev–Trinajstić information content (AvgIpc) is 2.14. The van der Waals surface area contributed by atoms with Crippen LogP contribution in [0.1, 0.15) is 61.3 Å². The molecule has 0 aromatic heterocycles. The molecule has 3 atom stereocenters. The van der Waals surface area contributed by atoms with Gasteiger partial charge in [-0.3, -0.25) is 4.90 Å². The molecule has 1 heterocycles. The first-order valence-corrected chi connectivity index (χ1v) is 7.84. The van der Waals surface area contributed by atoms with E-state index in [1.807, 2.05) is 0 Å². The standard InChI is InChI=1S/C15H31NS/c1-11-9-14(4,5)16(8)12(2)10-15(6,7)17-13(11)3/h11-13H,9-10H2,1-8H3. The first kappa shape index (κ1) is 15.4. The lowest BCUT2D eigenvalue weighted by Crippen LogP contribution is -2.48. The van der Waals surface area contributed by atoms with Gasteiger partial charge >= 0.3 is 0 Å². The van der Waals surface area contributed by atoms with Crippen LogP contribution in [0.3, 0.4) is 0 Å². The van der Waals surface area contributed by atoms with Gasteiger partial charge in [0, 0.05) is 21.6 Å². The van der Waals surface area contributed by atoms with Gasteiger partial charge in [-0.25, -0.2) is 0 Å². The summed E-state index contributed by atoms with van der Waals surface area (Å²) in [5, 5.41) is 0.753. The normalized spacial score (nSPS) is 39.2. The van der Waals surface area contributed by atoms with Gasteiger partial charge in [0.05, 0.1) is 0 Å². The highest BCUT2D eigenvalue weighted by Crippen LogP contribution is 2.41. The molecule has 0 N–H and O–H groups in total. The van der Waals surface area contributed by atoms with E-state index in [1.54, 1.807) is 0 Å². The molecular weight excluding hydrogens is 226 g/mol. The Labute approximate surface area is 113 Å². The Morgan fingerprint density at radius 2 is 1.53 bits per heavy atom. The summed E-state index contributed by atoms with van der Waals surface area (Å²) >= 11 is 2.18. The zero-order chi connectivity index (χ0) is 13.4. The van der Waals surface area contributed by atoms with Crippen LogP contribution in [0.5, 0.6) is 0 Å². The monoisotopic (exact) mass is 257 g/mol. The van der Waals surface area contributed by atoms with Crippen molar-refractivity contribution in [3.8, 4) is 0 Å². The number of rotatable bonds is 0. The lowest BCUT2D eigenvalue weighted by atomic mass is 9.87. The van der Waals surface area contributed by atoms with Crippen LogP contribution in [0.4, 0.5) is 0 Å². The molecule has 0 radical (unpaired) electrons. The molecule has 3 unspecified atom stereocenters. The SMILES string of the molecule is CC1CC(C)(C)N(C)C(C)CC(C)(C)SC1C. The topological polar surface area (TPSA) is 3.24 Å². The zero-order valence-corrected chi connectivity index (χ0v) is 13.8. The van der Waals surface area contributed by atoms with Crippen molar-refractivity contribution >= 4 is 11.8 Å². The van der Waals surface area contributed by atoms with Gasteiger partial charge in [0.15, 0.2) is 0 Å². The quantitative estimate of drug-likeness (QED) is 0.632. The summed E-state index contributed by atoms with van der Waals surface area (Å²) in [6.45, 7) is 16.8. The van der Waals surface area contributed by atoms with Gasteiger partial charge in [0.25, 0.3) is 0 Å². The largest absolute Gasteiger partial charge is 0.299 e. The van der Waals surface area contributed by atoms with E-state index in [9.17, 15) is 0 Å². The molecule has 2 heteroatoms. The highest BCUT2D eigenvalue weighted by molar-refractivity contribution is 8.01. The van der Waals surface area contributed by atoms with E-state index in [2.05, 4.69) is 72.2 Å².